The molecule has 0 aliphatic rings. The van der Waals surface area contributed by atoms with Gasteiger partial charge in [0.1, 0.15) is 5.25 Å². The summed E-state index contributed by atoms with van der Waals surface area (Å²) in [6, 6.07) is 15.8. The third-order valence-corrected chi connectivity index (χ3v) is 4.62. The Balaban J connectivity index is 2.18. The first-order valence-corrected chi connectivity index (χ1v) is 7.45. The molecule has 20 heavy (non-hydrogen) atoms. The van der Waals surface area contributed by atoms with Crippen LogP contribution in [0, 0.1) is 13.8 Å². The summed E-state index contributed by atoms with van der Waals surface area (Å²) in [6.07, 6.45) is 0.544. The molecule has 0 aromatic heterocycles. The summed E-state index contributed by atoms with van der Waals surface area (Å²) >= 11 is 1.41. The Morgan fingerprint density at radius 2 is 1.80 bits per heavy atom. The smallest absolute Gasteiger partial charge is 0.317 e. The number of rotatable bonds is 5. The van der Waals surface area contributed by atoms with E-state index in [4.69, 9.17) is 0 Å². The van der Waals surface area contributed by atoms with Crippen molar-refractivity contribution in [2.75, 3.05) is 0 Å². The van der Waals surface area contributed by atoms with Crippen molar-refractivity contribution in [1.29, 1.82) is 0 Å². The Morgan fingerprint density at radius 1 is 1.10 bits per heavy atom. The second kappa shape index (κ2) is 6.62. The molecule has 0 heterocycles. The van der Waals surface area contributed by atoms with Crippen LogP contribution >= 0.6 is 11.8 Å². The van der Waals surface area contributed by atoms with E-state index >= 15 is 0 Å². The summed E-state index contributed by atoms with van der Waals surface area (Å²) in [5.74, 6) is -0.764. The van der Waals surface area contributed by atoms with Gasteiger partial charge in [-0.05, 0) is 49.1 Å². The summed E-state index contributed by atoms with van der Waals surface area (Å²) in [6.45, 7) is 4.11. The van der Waals surface area contributed by atoms with Crippen molar-refractivity contribution in [1.82, 2.24) is 0 Å². The summed E-state index contributed by atoms with van der Waals surface area (Å²) in [5.41, 5.74) is 3.50. The van der Waals surface area contributed by atoms with Gasteiger partial charge in [0.05, 0.1) is 0 Å². The average Bonchev–Trinajstić information content (AvgIpc) is 2.44. The van der Waals surface area contributed by atoms with E-state index in [1.54, 1.807) is 0 Å². The number of hydrogen-bond acceptors (Lipinski definition) is 2. The Labute approximate surface area is 123 Å². The van der Waals surface area contributed by atoms with E-state index in [-0.39, 0.29) is 0 Å². The Morgan fingerprint density at radius 3 is 2.45 bits per heavy atom. The van der Waals surface area contributed by atoms with Crippen molar-refractivity contribution < 1.29 is 9.90 Å². The molecule has 1 atom stereocenters. The van der Waals surface area contributed by atoms with Gasteiger partial charge in [-0.1, -0.05) is 36.4 Å². The number of thioether (sulfide) groups is 1. The molecule has 1 unspecified atom stereocenters. The van der Waals surface area contributed by atoms with E-state index in [1.165, 1.54) is 22.9 Å². The van der Waals surface area contributed by atoms with Gasteiger partial charge < -0.3 is 5.11 Å². The van der Waals surface area contributed by atoms with Gasteiger partial charge in [0.25, 0.3) is 0 Å². The molecule has 0 spiro atoms. The van der Waals surface area contributed by atoms with Crippen LogP contribution in [0.4, 0.5) is 0 Å². The second-order valence-corrected chi connectivity index (χ2v) is 6.10. The first-order chi connectivity index (χ1) is 9.58. The van der Waals surface area contributed by atoms with Crippen LogP contribution in [-0.2, 0) is 11.2 Å². The number of hydrogen-bond donors (Lipinski definition) is 1. The summed E-state index contributed by atoms with van der Waals surface area (Å²) in [5, 5.41) is 8.97. The van der Waals surface area contributed by atoms with Gasteiger partial charge >= 0.3 is 5.97 Å². The predicted molar refractivity (Wildman–Crippen MR) is 83.3 cm³/mol. The van der Waals surface area contributed by atoms with Crippen LogP contribution < -0.4 is 0 Å². The number of benzene rings is 2. The number of carboxylic acid groups (broad SMARTS) is 1. The molecule has 1 N–H and O–H groups in total. The highest BCUT2D eigenvalue weighted by atomic mass is 32.2. The van der Waals surface area contributed by atoms with Crippen LogP contribution in [0.15, 0.2) is 53.4 Å². The highest BCUT2D eigenvalue weighted by molar-refractivity contribution is 8.00. The monoisotopic (exact) mass is 286 g/mol. The van der Waals surface area contributed by atoms with Crippen LogP contribution in [0.3, 0.4) is 0 Å². The molecule has 0 saturated carbocycles. The fourth-order valence-electron chi connectivity index (χ4n) is 2.08. The predicted octanol–water partition coefficient (Wildman–Crippen LogP) is 4.09. The van der Waals surface area contributed by atoms with Crippen LogP contribution in [0.25, 0.3) is 0 Å². The Kier molecular flexibility index (Phi) is 4.85. The van der Waals surface area contributed by atoms with Gasteiger partial charge in [-0.15, -0.1) is 11.8 Å². The van der Waals surface area contributed by atoms with Crippen molar-refractivity contribution in [3.63, 3.8) is 0 Å². The van der Waals surface area contributed by atoms with Gasteiger partial charge in [-0.3, -0.25) is 4.79 Å². The van der Waals surface area contributed by atoms with E-state index in [0.29, 0.717) is 6.42 Å². The molecular formula is C17H18O2S. The maximum Gasteiger partial charge on any atom is 0.317 e. The molecule has 0 radical (unpaired) electrons. The molecule has 0 fully saturated rings. The van der Waals surface area contributed by atoms with Crippen LogP contribution in [-0.4, -0.2) is 16.3 Å². The van der Waals surface area contributed by atoms with Crippen molar-refractivity contribution in [2.45, 2.75) is 30.4 Å². The van der Waals surface area contributed by atoms with Crippen molar-refractivity contribution in [3.8, 4) is 0 Å². The molecule has 2 aromatic carbocycles. The number of aryl methyl sites for hydroxylation is 1. The summed E-state index contributed by atoms with van der Waals surface area (Å²) in [7, 11) is 0. The lowest BCUT2D eigenvalue weighted by atomic mass is 10.00. The lowest BCUT2D eigenvalue weighted by molar-refractivity contribution is -0.136. The summed E-state index contributed by atoms with van der Waals surface area (Å²) in [4.78, 5) is 12.5. The molecular weight excluding hydrogens is 268 g/mol. The number of carbonyl (C=O) groups is 1. The average molecular weight is 286 g/mol. The molecule has 0 bridgehead atoms. The van der Waals surface area contributed by atoms with Crippen LogP contribution in [0.2, 0.25) is 0 Å². The third kappa shape index (κ3) is 3.64. The molecule has 2 rings (SSSR count). The van der Waals surface area contributed by atoms with Gasteiger partial charge in [0.15, 0.2) is 0 Å². The van der Waals surface area contributed by atoms with Gasteiger partial charge in [0.2, 0.25) is 0 Å². The maximum atomic E-state index is 11.5. The first-order valence-electron chi connectivity index (χ1n) is 6.57. The molecule has 0 amide bonds. The molecule has 0 aliphatic heterocycles. The zero-order chi connectivity index (χ0) is 14.5. The standard InChI is InChI=1S/C17H18O2S/c1-12-7-6-8-14(13(12)2)11-16(17(18)19)20-15-9-4-3-5-10-15/h3-10,16H,11H2,1-2H3,(H,18,19). The molecule has 2 aromatic rings. The quantitative estimate of drug-likeness (QED) is 0.841. The highest BCUT2D eigenvalue weighted by Gasteiger charge is 2.20. The molecule has 104 valence electrons. The summed E-state index contributed by atoms with van der Waals surface area (Å²) < 4.78 is 0. The van der Waals surface area contributed by atoms with E-state index in [9.17, 15) is 9.90 Å². The molecule has 0 aliphatic carbocycles. The van der Waals surface area contributed by atoms with Crippen molar-refractivity contribution in [3.05, 3.63) is 65.2 Å². The highest BCUT2D eigenvalue weighted by Crippen LogP contribution is 2.27. The van der Waals surface area contributed by atoms with E-state index in [1.807, 2.05) is 42.5 Å². The van der Waals surface area contributed by atoms with Gasteiger partial charge in [-0.25, -0.2) is 0 Å². The topological polar surface area (TPSA) is 37.3 Å². The first kappa shape index (κ1) is 14.7. The molecule has 3 heteroatoms. The fourth-order valence-corrected chi connectivity index (χ4v) is 3.08. The Bertz CT molecular complexity index is 593. The lowest BCUT2D eigenvalue weighted by Crippen LogP contribution is -2.19. The second-order valence-electron chi connectivity index (χ2n) is 4.82. The SMILES string of the molecule is Cc1cccc(CC(Sc2ccccc2)C(=O)O)c1C. The minimum atomic E-state index is -0.764. The van der Waals surface area contributed by atoms with E-state index in [0.717, 1.165) is 10.5 Å². The minimum absolute atomic E-state index is 0.460. The van der Waals surface area contributed by atoms with E-state index in [2.05, 4.69) is 19.9 Å². The van der Waals surface area contributed by atoms with E-state index < -0.39 is 11.2 Å². The van der Waals surface area contributed by atoms with Crippen LogP contribution in [0.1, 0.15) is 16.7 Å². The van der Waals surface area contributed by atoms with Gasteiger partial charge in [-0.2, -0.15) is 0 Å². The largest absolute Gasteiger partial charge is 0.480 e. The Hall–Kier alpha value is -1.74. The number of carboxylic acids is 1. The zero-order valence-electron chi connectivity index (χ0n) is 11.7. The van der Waals surface area contributed by atoms with Crippen molar-refractivity contribution >= 4 is 17.7 Å². The van der Waals surface area contributed by atoms with Crippen molar-refractivity contribution in [2.24, 2.45) is 0 Å². The normalized spacial score (nSPS) is 12.1. The van der Waals surface area contributed by atoms with Crippen LogP contribution in [0.5, 0.6) is 0 Å². The molecule has 2 nitrogen and oxygen atoms in total. The maximum absolute atomic E-state index is 11.5. The van der Waals surface area contributed by atoms with Gasteiger partial charge in [0, 0.05) is 4.90 Å². The molecule has 0 saturated heterocycles. The third-order valence-electron chi connectivity index (χ3n) is 3.42. The minimum Gasteiger partial charge on any atom is -0.480 e. The number of aliphatic carboxylic acids is 1. The fraction of sp³-hybridized carbons (Fsp3) is 0.235. The zero-order valence-corrected chi connectivity index (χ0v) is 12.5. The lowest BCUT2D eigenvalue weighted by Gasteiger charge is -2.15.